The number of halogens is 1. The van der Waals surface area contributed by atoms with Gasteiger partial charge < -0.3 is 20.2 Å². The Morgan fingerprint density at radius 1 is 1.38 bits per heavy atom. The van der Waals surface area contributed by atoms with Crippen LogP contribution in [0, 0.1) is 0 Å². The van der Waals surface area contributed by atoms with Gasteiger partial charge in [-0.15, -0.1) is 0 Å². The third-order valence-electron chi connectivity index (χ3n) is 3.70. The van der Waals surface area contributed by atoms with Crippen molar-refractivity contribution in [3.63, 3.8) is 0 Å². The van der Waals surface area contributed by atoms with Crippen molar-refractivity contribution in [2.75, 3.05) is 32.0 Å². The highest BCUT2D eigenvalue weighted by Gasteiger charge is 2.25. The number of benzene rings is 1. The van der Waals surface area contributed by atoms with E-state index in [4.69, 9.17) is 5.11 Å². The van der Waals surface area contributed by atoms with E-state index < -0.39 is 5.97 Å². The van der Waals surface area contributed by atoms with Crippen molar-refractivity contribution in [2.24, 2.45) is 0 Å². The molecule has 1 saturated heterocycles. The van der Waals surface area contributed by atoms with E-state index in [0.29, 0.717) is 18.8 Å². The molecule has 21 heavy (non-hydrogen) atoms. The Balaban J connectivity index is 2.13. The van der Waals surface area contributed by atoms with Gasteiger partial charge >= 0.3 is 12.0 Å². The van der Waals surface area contributed by atoms with Crippen molar-refractivity contribution < 1.29 is 14.7 Å². The van der Waals surface area contributed by atoms with E-state index in [-0.39, 0.29) is 17.6 Å². The highest BCUT2D eigenvalue weighted by Crippen LogP contribution is 2.22. The number of carboxylic acids is 1. The standard InChI is InChI=1S/C14H18BrN3O3/c1-9-8-18(6-5-17(9)2)14(21)16-12-7-10(15)3-4-11(12)13(19)20/h3-4,7,9H,5-6,8H2,1-2H3,(H,16,21)(H,19,20). The summed E-state index contributed by atoms with van der Waals surface area (Å²) in [4.78, 5) is 27.4. The monoisotopic (exact) mass is 355 g/mol. The number of carboxylic acid groups (broad SMARTS) is 1. The summed E-state index contributed by atoms with van der Waals surface area (Å²) in [6, 6.07) is 4.72. The molecular formula is C14H18BrN3O3. The zero-order chi connectivity index (χ0) is 15.6. The number of hydrogen-bond donors (Lipinski definition) is 2. The van der Waals surface area contributed by atoms with Gasteiger partial charge in [-0.25, -0.2) is 9.59 Å². The van der Waals surface area contributed by atoms with Gasteiger partial charge in [-0.2, -0.15) is 0 Å². The van der Waals surface area contributed by atoms with E-state index in [1.165, 1.54) is 6.07 Å². The number of anilines is 1. The molecule has 2 N–H and O–H groups in total. The van der Waals surface area contributed by atoms with E-state index in [1.807, 2.05) is 7.05 Å². The second-order valence-corrected chi connectivity index (χ2v) is 6.12. The Hall–Kier alpha value is -1.60. The topological polar surface area (TPSA) is 72.9 Å². The van der Waals surface area contributed by atoms with Crippen molar-refractivity contribution in [3.05, 3.63) is 28.2 Å². The van der Waals surface area contributed by atoms with Gasteiger partial charge in [0.2, 0.25) is 0 Å². The molecule has 1 aromatic rings. The zero-order valence-corrected chi connectivity index (χ0v) is 13.6. The Bertz CT molecular complexity index is 564. The maximum Gasteiger partial charge on any atom is 0.337 e. The molecule has 1 aliphatic rings. The number of piperazine rings is 1. The van der Waals surface area contributed by atoms with Crippen molar-refractivity contribution >= 4 is 33.6 Å². The summed E-state index contributed by atoms with van der Waals surface area (Å²) in [5, 5.41) is 11.9. The molecule has 2 rings (SSSR count). The minimum Gasteiger partial charge on any atom is -0.478 e. The average molecular weight is 356 g/mol. The van der Waals surface area contributed by atoms with Crippen LogP contribution in [0.4, 0.5) is 10.5 Å². The van der Waals surface area contributed by atoms with Crippen LogP contribution < -0.4 is 5.32 Å². The first-order valence-electron chi connectivity index (χ1n) is 6.67. The molecule has 0 aromatic heterocycles. The number of carbonyl (C=O) groups is 2. The molecule has 0 bridgehead atoms. The van der Waals surface area contributed by atoms with Crippen LogP contribution in [0.15, 0.2) is 22.7 Å². The van der Waals surface area contributed by atoms with Crippen LogP contribution in [0.25, 0.3) is 0 Å². The van der Waals surface area contributed by atoms with Crippen LogP contribution in [-0.2, 0) is 0 Å². The summed E-state index contributed by atoms with van der Waals surface area (Å²) in [6.45, 7) is 4.11. The molecule has 0 spiro atoms. The zero-order valence-electron chi connectivity index (χ0n) is 12.0. The van der Waals surface area contributed by atoms with Gasteiger partial charge in [0.25, 0.3) is 0 Å². The fourth-order valence-electron chi connectivity index (χ4n) is 2.23. The van der Waals surface area contributed by atoms with Crippen LogP contribution in [0.2, 0.25) is 0 Å². The second kappa shape index (κ2) is 6.44. The summed E-state index contributed by atoms with van der Waals surface area (Å²) in [7, 11) is 2.02. The second-order valence-electron chi connectivity index (χ2n) is 5.20. The number of nitrogens with one attached hydrogen (secondary N) is 1. The molecule has 7 heteroatoms. The summed E-state index contributed by atoms with van der Waals surface area (Å²) in [6.07, 6.45) is 0. The summed E-state index contributed by atoms with van der Waals surface area (Å²) >= 11 is 3.28. The van der Waals surface area contributed by atoms with Crippen LogP contribution in [0.3, 0.4) is 0 Å². The average Bonchev–Trinajstić information content (AvgIpc) is 2.41. The fraction of sp³-hybridized carbons (Fsp3) is 0.429. The predicted molar refractivity (Wildman–Crippen MR) is 83.8 cm³/mol. The summed E-state index contributed by atoms with van der Waals surface area (Å²) in [5.74, 6) is -1.07. The molecule has 1 atom stereocenters. The Kier molecular flexibility index (Phi) is 4.84. The fourth-order valence-corrected chi connectivity index (χ4v) is 2.59. The lowest BCUT2D eigenvalue weighted by Crippen LogP contribution is -2.53. The molecule has 0 saturated carbocycles. The van der Waals surface area contributed by atoms with Crippen LogP contribution in [0.5, 0.6) is 0 Å². The lowest BCUT2D eigenvalue weighted by molar-refractivity contribution is 0.0698. The van der Waals surface area contributed by atoms with Crippen molar-refractivity contribution in [1.82, 2.24) is 9.80 Å². The normalized spacial score (nSPS) is 19.4. The number of urea groups is 1. The highest BCUT2D eigenvalue weighted by atomic mass is 79.9. The molecule has 1 unspecified atom stereocenters. The number of hydrogen-bond acceptors (Lipinski definition) is 3. The number of amides is 2. The van der Waals surface area contributed by atoms with Gasteiger partial charge in [-0.3, -0.25) is 0 Å². The number of aromatic carboxylic acids is 1. The lowest BCUT2D eigenvalue weighted by atomic mass is 10.2. The predicted octanol–water partition coefficient (Wildman–Crippen LogP) is 2.32. The molecule has 0 radical (unpaired) electrons. The molecule has 6 nitrogen and oxygen atoms in total. The minimum absolute atomic E-state index is 0.0775. The van der Waals surface area contributed by atoms with Gasteiger partial charge in [-0.1, -0.05) is 15.9 Å². The quantitative estimate of drug-likeness (QED) is 0.853. The Morgan fingerprint density at radius 2 is 2.10 bits per heavy atom. The summed E-state index contributed by atoms with van der Waals surface area (Å²) < 4.78 is 0.717. The molecule has 1 aromatic carbocycles. The molecule has 1 fully saturated rings. The van der Waals surface area contributed by atoms with Gasteiger partial charge in [0.15, 0.2) is 0 Å². The van der Waals surface area contributed by atoms with Crippen molar-refractivity contribution in [2.45, 2.75) is 13.0 Å². The smallest absolute Gasteiger partial charge is 0.337 e. The third kappa shape index (κ3) is 3.74. The van der Waals surface area contributed by atoms with Crippen LogP contribution in [-0.4, -0.2) is 59.6 Å². The van der Waals surface area contributed by atoms with E-state index >= 15 is 0 Å². The Labute approximate surface area is 131 Å². The largest absolute Gasteiger partial charge is 0.478 e. The maximum atomic E-state index is 12.3. The van der Waals surface area contributed by atoms with E-state index in [2.05, 4.69) is 33.1 Å². The Morgan fingerprint density at radius 3 is 2.71 bits per heavy atom. The van der Waals surface area contributed by atoms with Crippen molar-refractivity contribution in [1.29, 1.82) is 0 Å². The van der Waals surface area contributed by atoms with E-state index in [9.17, 15) is 9.59 Å². The third-order valence-corrected chi connectivity index (χ3v) is 4.19. The number of likely N-dealkylation sites (N-methyl/N-ethyl adjacent to an activating group) is 1. The van der Waals surface area contributed by atoms with E-state index in [0.717, 1.165) is 11.0 Å². The van der Waals surface area contributed by atoms with Gasteiger partial charge in [0.05, 0.1) is 11.3 Å². The molecule has 114 valence electrons. The number of nitrogens with zero attached hydrogens (tertiary/aromatic N) is 2. The van der Waals surface area contributed by atoms with Crippen LogP contribution in [0.1, 0.15) is 17.3 Å². The van der Waals surface area contributed by atoms with E-state index in [1.54, 1.807) is 17.0 Å². The molecule has 2 amide bonds. The first-order valence-corrected chi connectivity index (χ1v) is 7.47. The highest BCUT2D eigenvalue weighted by molar-refractivity contribution is 9.10. The van der Waals surface area contributed by atoms with Crippen LogP contribution >= 0.6 is 15.9 Å². The lowest BCUT2D eigenvalue weighted by Gasteiger charge is -2.37. The summed E-state index contributed by atoms with van der Waals surface area (Å²) in [5.41, 5.74) is 0.377. The van der Waals surface area contributed by atoms with Gasteiger partial charge in [0, 0.05) is 30.1 Å². The first kappa shape index (κ1) is 15.8. The SMILES string of the molecule is CC1CN(C(=O)Nc2cc(Br)ccc2C(=O)O)CCN1C. The van der Waals surface area contributed by atoms with Crippen molar-refractivity contribution in [3.8, 4) is 0 Å². The molecule has 0 aliphatic carbocycles. The first-order chi connectivity index (χ1) is 9.88. The van der Waals surface area contributed by atoms with Gasteiger partial charge in [0.1, 0.15) is 0 Å². The number of rotatable bonds is 2. The number of carbonyl (C=O) groups excluding carboxylic acids is 1. The molecule has 1 aliphatic heterocycles. The minimum atomic E-state index is -1.07. The molecule has 1 heterocycles. The van der Waals surface area contributed by atoms with Gasteiger partial charge in [-0.05, 0) is 32.2 Å². The molecular weight excluding hydrogens is 338 g/mol. The maximum absolute atomic E-state index is 12.3.